The summed E-state index contributed by atoms with van der Waals surface area (Å²) in [5.41, 5.74) is 3.56. The molecular weight excluding hydrogens is 274 g/mol. The molecule has 0 saturated heterocycles. The van der Waals surface area contributed by atoms with Gasteiger partial charge in [0.2, 0.25) is 0 Å². The zero-order valence-corrected chi connectivity index (χ0v) is 12.8. The van der Waals surface area contributed by atoms with Crippen molar-refractivity contribution in [2.45, 2.75) is 25.8 Å². The Morgan fingerprint density at radius 1 is 1.05 bits per heavy atom. The maximum absolute atomic E-state index is 9.18. The fraction of sp³-hybridized carbons (Fsp3) is 0.263. The fourth-order valence-corrected chi connectivity index (χ4v) is 1.96. The standard InChI is InChI=1S/C16H15N.C3H6O2/c1-3-7-13(8-4-1)16(17-15-11-12-15)14-9-5-2-6-10-14;1-2-5-3-4/h1-10,15H,11-12H2;3H,2H2,1H3. The van der Waals surface area contributed by atoms with Gasteiger partial charge in [-0.2, -0.15) is 0 Å². The molecule has 0 atom stereocenters. The molecule has 1 fully saturated rings. The third-order valence-electron chi connectivity index (χ3n) is 3.19. The van der Waals surface area contributed by atoms with Gasteiger partial charge in [-0.25, -0.2) is 0 Å². The molecule has 0 aliphatic heterocycles. The SMILES string of the molecule is CCOC=O.c1ccc(C(=NC2CC2)c2ccccc2)cc1. The van der Waals surface area contributed by atoms with Gasteiger partial charge in [0.25, 0.3) is 6.47 Å². The van der Waals surface area contributed by atoms with Gasteiger partial charge in [0.1, 0.15) is 0 Å². The van der Waals surface area contributed by atoms with Gasteiger partial charge in [0.05, 0.1) is 18.4 Å². The minimum absolute atomic E-state index is 0.431. The monoisotopic (exact) mass is 295 g/mol. The molecule has 1 aliphatic rings. The topological polar surface area (TPSA) is 38.7 Å². The lowest BCUT2D eigenvalue weighted by molar-refractivity contribution is -0.128. The van der Waals surface area contributed by atoms with Gasteiger partial charge in [0.15, 0.2) is 0 Å². The Bertz CT molecular complexity index is 548. The summed E-state index contributed by atoms with van der Waals surface area (Å²) in [6.45, 7) is 2.66. The lowest BCUT2D eigenvalue weighted by atomic mass is 10.0. The van der Waals surface area contributed by atoms with Crippen LogP contribution in [0.2, 0.25) is 0 Å². The number of ether oxygens (including phenoxy) is 1. The first-order chi connectivity index (χ1) is 10.8. The molecule has 0 heterocycles. The van der Waals surface area contributed by atoms with E-state index < -0.39 is 0 Å². The highest BCUT2D eigenvalue weighted by Crippen LogP contribution is 2.25. The third kappa shape index (κ3) is 5.17. The number of rotatable bonds is 5. The number of nitrogens with zero attached hydrogens (tertiary/aromatic N) is 1. The number of carbonyl (C=O) groups is 1. The molecule has 3 nitrogen and oxygen atoms in total. The highest BCUT2D eigenvalue weighted by atomic mass is 16.5. The Morgan fingerprint density at radius 3 is 1.86 bits per heavy atom. The van der Waals surface area contributed by atoms with E-state index in [0.717, 1.165) is 5.71 Å². The van der Waals surface area contributed by atoms with Gasteiger partial charge >= 0.3 is 0 Å². The number of benzene rings is 2. The predicted octanol–water partition coefficient (Wildman–Crippen LogP) is 3.87. The van der Waals surface area contributed by atoms with Crippen LogP contribution < -0.4 is 0 Å². The first-order valence-corrected chi connectivity index (χ1v) is 7.59. The summed E-state index contributed by atoms with van der Waals surface area (Å²) >= 11 is 0. The molecule has 0 bridgehead atoms. The highest BCUT2D eigenvalue weighted by Gasteiger charge is 2.21. The Hall–Kier alpha value is -2.42. The third-order valence-corrected chi connectivity index (χ3v) is 3.19. The lowest BCUT2D eigenvalue weighted by Gasteiger charge is -2.07. The van der Waals surface area contributed by atoms with E-state index in [0.29, 0.717) is 19.1 Å². The summed E-state index contributed by atoms with van der Waals surface area (Å²) in [7, 11) is 0. The van der Waals surface area contributed by atoms with Crippen molar-refractivity contribution in [3.8, 4) is 0 Å². The quantitative estimate of drug-likeness (QED) is 0.620. The first kappa shape index (κ1) is 16.0. The van der Waals surface area contributed by atoms with Crippen molar-refractivity contribution in [1.82, 2.24) is 0 Å². The van der Waals surface area contributed by atoms with Crippen LogP contribution in [0.25, 0.3) is 0 Å². The van der Waals surface area contributed by atoms with E-state index in [4.69, 9.17) is 4.99 Å². The molecule has 0 unspecified atom stereocenters. The van der Waals surface area contributed by atoms with Crippen molar-refractivity contribution in [3.63, 3.8) is 0 Å². The van der Waals surface area contributed by atoms with Crippen LogP contribution in [0.1, 0.15) is 30.9 Å². The normalized spacial score (nSPS) is 12.6. The summed E-state index contributed by atoms with van der Waals surface area (Å²) in [6, 6.07) is 21.4. The van der Waals surface area contributed by atoms with Crippen molar-refractivity contribution >= 4 is 12.2 Å². The molecule has 3 heteroatoms. The molecule has 2 aromatic carbocycles. The molecule has 1 aliphatic carbocycles. The number of hydrogen-bond acceptors (Lipinski definition) is 3. The average Bonchev–Trinajstić information content (AvgIpc) is 3.40. The van der Waals surface area contributed by atoms with Crippen LogP contribution in [-0.4, -0.2) is 24.8 Å². The molecule has 0 amide bonds. The molecule has 114 valence electrons. The Kier molecular flexibility index (Phi) is 6.37. The van der Waals surface area contributed by atoms with Crippen LogP contribution in [0.3, 0.4) is 0 Å². The van der Waals surface area contributed by atoms with Crippen LogP contribution in [-0.2, 0) is 9.53 Å². The maximum atomic E-state index is 9.18. The van der Waals surface area contributed by atoms with Crippen molar-refractivity contribution in [2.75, 3.05) is 6.61 Å². The largest absolute Gasteiger partial charge is 0.468 e. The van der Waals surface area contributed by atoms with E-state index >= 15 is 0 Å². The van der Waals surface area contributed by atoms with E-state index in [1.54, 1.807) is 6.92 Å². The molecule has 1 saturated carbocycles. The second-order valence-electron chi connectivity index (χ2n) is 4.99. The molecule has 22 heavy (non-hydrogen) atoms. The summed E-state index contributed by atoms with van der Waals surface area (Å²) in [5.74, 6) is 0. The minimum atomic E-state index is 0.431. The van der Waals surface area contributed by atoms with Gasteiger partial charge in [-0.3, -0.25) is 9.79 Å². The molecule has 0 N–H and O–H groups in total. The van der Waals surface area contributed by atoms with Gasteiger partial charge in [0, 0.05) is 11.1 Å². The zero-order valence-electron chi connectivity index (χ0n) is 12.8. The summed E-state index contributed by atoms with van der Waals surface area (Å²) < 4.78 is 4.15. The van der Waals surface area contributed by atoms with E-state index in [1.807, 2.05) is 12.1 Å². The fourth-order valence-electron chi connectivity index (χ4n) is 1.96. The van der Waals surface area contributed by atoms with E-state index in [1.165, 1.54) is 24.0 Å². The smallest absolute Gasteiger partial charge is 0.293 e. The summed E-state index contributed by atoms with van der Waals surface area (Å²) in [4.78, 5) is 14.0. The molecular formula is C19H21NO2. The number of aliphatic imine (C=N–C) groups is 1. The highest BCUT2D eigenvalue weighted by molar-refractivity contribution is 6.13. The van der Waals surface area contributed by atoms with E-state index in [-0.39, 0.29) is 0 Å². The van der Waals surface area contributed by atoms with Crippen molar-refractivity contribution in [3.05, 3.63) is 71.8 Å². The minimum Gasteiger partial charge on any atom is -0.468 e. The van der Waals surface area contributed by atoms with Crippen LogP contribution in [0.5, 0.6) is 0 Å². The average molecular weight is 295 g/mol. The maximum Gasteiger partial charge on any atom is 0.293 e. The van der Waals surface area contributed by atoms with Gasteiger partial charge in [-0.05, 0) is 19.8 Å². The molecule has 0 radical (unpaired) electrons. The van der Waals surface area contributed by atoms with Crippen LogP contribution in [0.4, 0.5) is 0 Å². The Morgan fingerprint density at radius 2 is 1.55 bits per heavy atom. The second kappa shape index (κ2) is 8.78. The second-order valence-corrected chi connectivity index (χ2v) is 4.99. The number of carbonyl (C=O) groups excluding carboxylic acids is 1. The van der Waals surface area contributed by atoms with Crippen molar-refractivity contribution < 1.29 is 9.53 Å². The van der Waals surface area contributed by atoms with Gasteiger partial charge in [-0.1, -0.05) is 60.7 Å². The van der Waals surface area contributed by atoms with Gasteiger partial charge < -0.3 is 4.74 Å². The predicted molar refractivity (Wildman–Crippen MR) is 89.2 cm³/mol. The van der Waals surface area contributed by atoms with E-state index in [2.05, 4.69) is 53.3 Å². The zero-order chi connectivity index (χ0) is 15.6. The van der Waals surface area contributed by atoms with E-state index in [9.17, 15) is 4.79 Å². The Balaban J connectivity index is 0.000000309. The molecule has 0 spiro atoms. The van der Waals surface area contributed by atoms with Crippen molar-refractivity contribution in [1.29, 1.82) is 0 Å². The molecule has 0 aromatic heterocycles. The molecule has 2 aromatic rings. The van der Waals surface area contributed by atoms with Crippen LogP contribution in [0.15, 0.2) is 65.7 Å². The van der Waals surface area contributed by atoms with Crippen LogP contribution >= 0.6 is 0 Å². The summed E-state index contributed by atoms with van der Waals surface area (Å²) in [6.07, 6.45) is 2.48. The number of hydrogen-bond donors (Lipinski definition) is 0. The Labute approximate surface area is 131 Å². The van der Waals surface area contributed by atoms with Gasteiger partial charge in [-0.15, -0.1) is 0 Å². The first-order valence-electron chi connectivity index (χ1n) is 7.59. The molecule has 3 rings (SSSR count). The van der Waals surface area contributed by atoms with Crippen LogP contribution in [0, 0.1) is 0 Å². The lowest BCUT2D eigenvalue weighted by Crippen LogP contribution is -2.04. The van der Waals surface area contributed by atoms with Crippen molar-refractivity contribution in [2.24, 2.45) is 4.99 Å². The summed E-state index contributed by atoms with van der Waals surface area (Å²) in [5, 5.41) is 0.